The second-order valence-electron chi connectivity index (χ2n) is 7.55. The monoisotopic (exact) mass is 467 g/mol. The fourth-order valence-electron chi connectivity index (χ4n) is 3.57. The predicted octanol–water partition coefficient (Wildman–Crippen LogP) is 4.33. The fourth-order valence-corrected chi connectivity index (χ4v) is 3.64. The summed E-state index contributed by atoms with van der Waals surface area (Å²) in [6, 6.07) is 15.1. The van der Waals surface area contributed by atoms with Crippen LogP contribution in [0.3, 0.4) is 0 Å². The van der Waals surface area contributed by atoms with Gasteiger partial charge in [-0.2, -0.15) is 4.98 Å². The van der Waals surface area contributed by atoms with Crippen molar-refractivity contribution in [3.63, 3.8) is 0 Å². The molecule has 0 aliphatic carbocycles. The van der Waals surface area contributed by atoms with Crippen molar-refractivity contribution in [2.24, 2.45) is 0 Å². The van der Waals surface area contributed by atoms with Crippen LogP contribution in [0.25, 0.3) is 11.1 Å². The molecular weight excluding hydrogens is 442 g/mol. The zero-order valence-corrected chi connectivity index (χ0v) is 19.4. The number of carbonyl (C=O) groups excluding carboxylic acids is 2. The zero-order chi connectivity index (χ0) is 23.8. The van der Waals surface area contributed by atoms with E-state index in [2.05, 4.69) is 22.2 Å². The number of ether oxygens (including phenoxy) is 1. The molecule has 8 heteroatoms. The molecule has 33 heavy (non-hydrogen) atoms. The van der Waals surface area contributed by atoms with Crippen LogP contribution in [0.5, 0.6) is 0 Å². The molecule has 1 heterocycles. The van der Waals surface area contributed by atoms with Gasteiger partial charge >= 0.3 is 5.97 Å². The highest BCUT2D eigenvalue weighted by Gasteiger charge is 2.17. The van der Waals surface area contributed by atoms with E-state index >= 15 is 0 Å². The molecule has 0 radical (unpaired) electrons. The third kappa shape index (κ3) is 6.08. The largest absolute Gasteiger partial charge is 0.465 e. The minimum absolute atomic E-state index is 0.0789. The number of esters is 1. The van der Waals surface area contributed by atoms with Gasteiger partial charge in [-0.05, 0) is 35.6 Å². The summed E-state index contributed by atoms with van der Waals surface area (Å²) >= 11 is 5.54. The molecule has 0 spiro atoms. The number of H-pyrrole nitrogens is 1. The van der Waals surface area contributed by atoms with E-state index in [1.54, 1.807) is 6.07 Å². The Morgan fingerprint density at radius 3 is 2.58 bits per heavy atom. The molecule has 2 aromatic carbocycles. The first-order valence-corrected chi connectivity index (χ1v) is 11.2. The molecule has 1 aromatic heterocycles. The molecule has 0 saturated carbocycles. The third-order valence-corrected chi connectivity index (χ3v) is 5.46. The van der Waals surface area contributed by atoms with Crippen LogP contribution in [0.15, 0.2) is 53.3 Å². The molecule has 7 nitrogen and oxygen atoms in total. The van der Waals surface area contributed by atoms with Crippen LogP contribution in [-0.4, -0.2) is 34.8 Å². The van der Waals surface area contributed by atoms with Crippen molar-refractivity contribution in [1.82, 2.24) is 9.97 Å². The first kappa shape index (κ1) is 24.2. The van der Waals surface area contributed by atoms with Gasteiger partial charge in [0.25, 0.3) is 5.56 Å². The van der Waals surface area contributed by atoms with E-state index < -0.39 is 17.4 Å². The number of nitrogens with one attached hydrogen (secondary N) is 2. The minimum atomic E-state index is -0.451. The van der Waals surface area contributed by atoms with Crippen LogP contribution >= 0.6 is 11.6 Å². The molecule has 3 rings (SSSR count). The van der Waals surface area contributed by atoms with Gasteiger partial charge in [0, 0.05) is 17.7 Å². The number of carbonyl (C=O) groups is 2. The van der Waals surface area contributed by atoms with Gasteiger partial charge in [-0.3, -0.25) is 14.9 Å². The predicted molar refractivity (Wildman–Crippen MR) is 129 cm³/mol. The van der Waals surface area contributed by atoms with Gasteiger partial charge in [-0.25, -0.2) is 4.79 Å². The standard InChI is InChI=1S/C25H26ClN3O4/c1-3-4-10-21-20(23(31)29-25(27-21)28-22(30)15-26)14-16-11-12-18(17-8-6-5-7-9-17)19(13-16)24(32)33-2/h5-9,11-13H,3-4,10,14-15H2,1-2H3,(H2,27,28,29,30,31). The zero-order valence-electron chi connectivity index (χ0n) is 18.6. The first-order valence-electron chi connectivity index (χ1n) is 10.7. The molecule has 0 aliphatic rings. The van der Waals surface area contributed by atoms with Crippen molar-refractivity contribution in [2.45, 2.75) is 32.6 Å². The summed E-state index contributed by atoms with van der Waals surface area (Å²) in [4.78, 5) is 44.0. The van der Waals surface area contributed by atoms with Gasteiger partial charge in [-0.15, -0.1) is 11.6 Å². The summed E-state index contributed by atoms with van der Waals surface area (Å²) in [5, 5.41) is 2.50. The maximum atomic E-state index is 12.9. The van der Waals surface area contributed by atoms with E-state index in [1.807, 2.05) is 42.5 Å². The number of rotatable bonds is 9. The van der Waals surface area contributed by atoms with Crippen molar-refractivity contribution in [3.8, 4) is 11.1 Å². The molecule has 0 aliphatic heterocycles. The second kappa shape index (κ2) is 11.4. The fraction of sp³-hybridized carbons (Fsp3) is 0.280. The molecule has 0 unspecified atom stereocenters. The first-order chi connectivity index (χ1) is 16.0. The Hall–Kier alpha value is -3.45. The number of amides is 1. The maximum absolute atomic E-state index is 12.9. The highest BCUT2D eigenvalue weighted by atomic mass is 35.5. The number of methoxy groups -OCH3 is 1. The second-order valence-corrected chi connectivity index (χ2v) is 7.81. The number of aryl methyl sites for hydroxylation is 1. The molecule has 0 fully saturated rings. The van der Waals surface area contributed by atoms with Crippen molar-refractivity contribution < 1.29 is 14.3 Å². The van der Waals surface area contributed by atoms with E-state index in [4.69, 9.17) is 16.3 Å². The molecular formula is C25H26ClN3O4. The number of hydrogen-bond donors (Lipinski definition) is 2. The summed E-state index contributed by atoms with van der Waals surface area (Å²) in [6.45, 7) is 2.06. The Morgan fingerprint density at radius 1 is 1.15 bits per heavy atom. The van der Waals surface area contributed by atoms with Gasteiger partial charge in [0.2, 0.25) is 11.9 Å². The van der Waals surface area contributed by atoms with Crippen LogP contribution in [0.2, 0.25) is 0 Å². The molecule has 172 valence electrons. The number of unbranched alkanes of at least 4 members (excludes halogenated alkanes) is 1. The summed E-state index contributed by atoms with van der Waals surface area (Å²) < 4.78 is 5.00. The van der Waals surface area contributed by atoms with Crippen molar-refractivity contribution in [3.05, 3.63) is 81.3 Å². The number of anilines is 1. The maximum Gasteiger partial charge on any atom is 0.338 e. The van der Waals surface area contributed by atoms with Gasteiger partial charge in [0.1, 0.15) is 5.88 Å². The lowest BCUT2D eigenvalue weighted by molar-refractivity contribution is -0.114. The number of alkyl halides is 1. The van der Waals surface area contributed by atoms with Crippen LogP contribution < -0.4 is 10.9 Å². The van der Waals surface area contributed by atoms with Gasteiger partial charge in [-0.1, -0.05) is 55.8 Å². The lowest BCUT2D eigenvalue weighted by atomic mass is 9.94. The van der Waals surface area contributed by atoms with E-state index in [-0.39, 0.29) is 18.2 Å². The SMILES string of the molecule is CCCCc1[nH]c(NC(=O)CCl)nc(=O)c1Cc1ccc(-c2ccccc2)c(C(=O)OC)c1. The summed E-state index contributed by atoms with van der Waals surface area (Å²) in [5.41, 5.74) is 3.61. The number of aromatic amines is 1. The van der Waals surface area contributed by atoms with E-state index in [1.165, 1.54) is 7.11 Å². The Balaban J connectivity index is 2.01. The topological polar surface area (TPSA) is 101 Å². The molecule has 2 N–H and O–H groups in total. The minimum Gasteiger partial charge on any atom is -0.465 e. The normalized spacial score (nSPS) is 10.6. The Bertz CT molecular complexity index is 1190. The van der Waals surface area contributed by atoms with Crippen LogP contribution in [0, 0.1) is 0 Å². The van der Waals surface area contributed by atoms with Crippen molar-refractivity contribution in [1.29, 1.82) is 0 Å². The smallest absolute Gasteiger partial charge is 0.338 e. The average Bonchev–Trinajstić information content (AvgIpc) is 2.84. The van der Waals surface area contributed by atoms with Gasteiger partial charge < -0.3 is 9.72 Å². The van der Waals surface area contributed by atoms with E-state index in [9.17, 15) is 14.4 Å². The van der Waals surface area contributed by atoms with Crippen molar-refractivity contribution >= 4 is 29.4 Å². The van der Waals surface area contributed by atoms with Crippen LogP contribution in [0.1, 0.15) is 46.9 Å². The Labute approximate surface area is 197 Å². The number of benzene rings is 2. The van der Waals surface area contributed by atoms with Crippen LogP contribution in [-0.2, 0) is 22.4 Å². The molecule has 1 amide bonds. The highest BCUT2D eigenvalue weighted by molar-refractivity contribution is 6.28. The van der Waals surface area contributed by atoms with Gasteiger partial charge in [0.05, 0.1) is 12.7 Å². The van der Waals surface area contributed by atoms with E-state index in [0.29, 0.717) is 23.2 Å². The highest BCUT2D eigenvalue weighted by Crippen LogP contribution is 2.26. The molecule has 0 bridgehead atoms. The van der Waals surface area contributed by atoms with Gasteiger partial charge in [0.15, 0.2) is 0 Å². The number of aromatic nitrogens is 2. The summed E-state index contributed by atoms with van der Waals surface area (Å²) in [5.74, 6) is -1.06. The molecule has 3 aromatic rings. The lowest BCUT2D eigenvalue weighted by Gasteiger charge is -2.13. The third-order valence-electron chi connectivity index (χ3n) is 5.22. The molecule has 0 saturated heterocycles. The Kier molecular flexibility index (Phi) is 8.38. The average molecular weight is 468 g/mol. The number of nitrogens with zero attached hydrogens (tertiary/aromatic N) is 1. The quantitative estimate of drug-likeness (QED) is 0.360. The number of halogens is 1. The lowest BCUT2D eigenvalue weighted by Crippen LogP contribution is -2.24. The van der Waals surface area contributed by atoms with E-state index in [0.717, 1.165) is 29.5 Å². The Morgan fingerprint density at radius 2 is 1.91 bits per heavy atom. The molecule has 0 atom stereocenters. The summed E-state index contributed by atoms with van der Waals surface area (Å²) in [7, 11) is 1.34. The van der Waals surface area contributed by atoms with Crippen molar-refractivity contribution in [2.75, 3.05) is 18.3 Å². The summed E-state index contributed by atoms with van der Waals surface area (Å²) in [6.07, 6.45) is 2.70. The van der Waals surface area contributed by atoms with Crippen LogP contribution in [0.4, 0.5) is 5.95 Å². The number of hydrogen-bond acceptors (Lipinski definition) is 5.